The molecule has 0 spiro atoms. The fraction of sp³-hybridized carbons (Fsp3) is 1.00. The number of hydrogen-bond donors (Lipinski definition) is 1. The average molecular weight is 241 g/mol. The van der Waals surface area contributed by atoms with Gasteiger partial charge in [0, 0.05) is 32.5 Å². The lowest BCUT2D eigenvalue weighted by molar-refractivity contribution is 0.0356. The fourth-order valence-corrected chi connectivity index (χ4v) is 3.16. The van der Waals surface area contributed by atoms with Crippen LogP contribution in [0.2, 0.25) is 0 Å². The Morgan fingerprint density at radius 3 is 2.18 bits per heavy atom. The Morgan fingerprint density at radius 1 is 1.00 bits per heavy atom. The van der Waals surface area contributed by atoms with Gasteiger partial charge in [-0.15, -0.1) is 0 Å². The lowest BCUT2D eigenvalue weighted by Gasteiger charge is -2.34. The first-order valence-corrected chi connectivity index (χ1v) is 7.29. The Balaban J connectivity index is 1.81. The van der Waals surface area contributed by atoms with Crippen LogP contribution in [0.4, 0.5) is 0 Å². The van der Waals surface area contributed by atoms with Crippen molar-refractivity contribution in [1.82, 2.24) is 5.32 Å². The van der Waals surface area contributed by atoms with Crippen molar-refractivity contribution in [3.63, 3.8) is 0 Å². The second-order valence-corrected chi connectivity index (χ2v) is 5.41. The molecule has 3 nitrogen and oxygen atoms in total. The summed E-state index contributed by atoms with van der Waals surface area (Å²) in [4.78, 5) is 0. The monoisotopic (exact) mass is 241 g/mol. The van der Waals surface area contributed by atoms with E-state index in [2.05, 4.69) is 12.2 Å². The molecule has 0 aliphatic carbocycles. The zero-order valence-corrected chi connectivity index (χ0v) is 11.1. The Labute approximate surface area is 105 Å². The van der Waals surface area contributed by atoms with Crippen molar-refractivity contribution < 1.29 is 9.47 Å². The van der Waals surface area contributed by atoms with Gasteiger partial charge in [0.15, 0.2) is 0 Å². The summed E-state index contributed by atoms with van der Waals surface area (Å²) in [6, 6.07) is 0.701. The summed E-state index contributed by atoms with van der Waals surface area (Å²) in [6.07, 6.45) is 6.32. The average Bonchev–Trinajstić information content (AvgIpc) is 2.40. The van der Waals surface area contributed by atoms with Crippen LogP contribution in [0, 0.1) is 11.8 Å². The van der Waals surface area contributed by atoms with E-state index in [0.29, 0.717) is 6.04 Å². The first-order chi connectivity index (χ1) is 8.40. The molecular formula is C14H27NO2. The third kappa shape index (κ3) is 4.23. The quantitative estimate of drug-likeness (QED) is 0.800. The van der Waals surface area contributed by atoms with Crippen LogP contribution in [-0.4, -0.2) is 39.0 Å². The predicted molar refractivity (Wildman–Crippen MR) is 69.2 cm³/mol. The lowest BCUT2D eigenvalue weighted by Crippen LogP contribution is -2.41. The van der Waals surface area contributed by atoms with Gasteiger partial charge in [-0.2, -0.15) is 0 Å². The maximum atomic E-state index is 5.47. The van der Waals surface area contributed by atoms with Gasteiger partial charge in [0.2, 0.25) is 0 Å². The Hall–Kier alpha value is -0.120. The van der Waals surface area contributed by atoms with Crippen LogP contribution in [0.15, 0.2) is 0 Å². The molecule has 0 radical (unpaired) electrons. The maximum Gasteiger partial charge on any atom is 0.0469 e. The summed E-state index contributed by atoms with van der Waals surface area (Å²) >= 11 is 0. The van der Waals surface area contributed by atoms with Gasteiger partial charge in [-0.3, -0.25) is 0 Å². The fourth-order valence-electron chi connectivity index (χ4n) is 3.16. The molecule has 100 valence electrons. The van der Waals surface area contributed by atoms with E-state index >= 15 is 0 Å². The molecule has 1 N–H and O–H groups in total. The summed E-state index contributed by atoms with van der Waals surface area (Å²) < 4.78 is 10.9. The van der Waals surface area contributed by atoms with Crippen molar-refractivity contribution in [1.29, 1.82) is 0 Å². The molecule has 0 aromatic rings. The zero-order valence-electron chi connectivity index (χ0n) is 11.1. The molecular weight excluding hydrogens is 214 g/mol. The van der Waals surface area contributed by atoms with E-state index in [9.17, 15) is 0 Å². The minimum absolute atomic E-state index is 0.701. The number of rotatable bonds is 5. The third-order valence-electron chi connectivity index (χ3n) is 4.23. The Morgan fingerprint density at radius 2 is 1.59 bits per heavy atom. The van der Waals surface area contributed by atoms with Gasteiger partial charge in [0.1, 0.15) is 0 Å². The smallest absolute Gasteiger partial charge is 0.0469 e. The predicted octanol–water partition coefficient (Wildman–Crippen LogP) is 2.21. The minimum atomic E-state index is 0.701. The van der Waals surface area contributed by atoms with Crippen molar-refractivity contribution in [2.45, 2.75) is 45.1 Å². The molecule has 2 aliphatic heterocycles. The first kappa shape index (κ1) is 13.3. The summed E-state index contributed by atoms with van der Waals surface area (Å²) in [6.45, 7) is 7.16. The number of hydrogen-bond acceptors (Lipinski definition) is 3. The molecule has 3 heteroatoms. The SMILES string of the molecule is CCNC(CC1CCOCC1)C1CCOCC1. The van der Waals surface area contributed by atoms with Crippen LogP contribution < -0.4 is 5.32 Å². The molecule has 17 heavy (non-hydrogen) atoms. The van der Waals surface area contributed by atoms with Gasteiger partial charge in [-0.25, -0.2) is 0 Å². The first-order valence-electron chi connectivity index (χ1n) is 7.29. The van der Waals surface area contributed by atoms with Gasteiger partial charge in [0.25, 0.3) is 0 Å². The molecule has 0 bridgehead atoms. The van der Waals surface area contributed by atoms with E-state index in [1.807, 2.05) is 0 Å². The normalized spacial score (nSPS) is 25.9. The number of ether oxygens (including phenoxy) is 2. The van der Waals surface area contributed by atoms with Gasteiger partial charge >= 0.3 is 0 Å². The van der Waals surface area contributed by atoms with Gasteiger partial charge in [-0.05, 0) is 50.5 Å². The summed E-state index contributed by atoms with van der Waals surface area (Å²) in [5.74, 6) is 1.70. The standard InChI is InChI=1S/C14H27NO2/c1-2-15-14(13-5-9-17-10-6-13)11-12-3-7-16-8-4-12/h12-15H,2-11H2,1H3. The minimum Gasteiger partial charge on any atom is -0.381 e. The van der Waals surface area contributed by atoms with Crippen LogP contribution in [0.1, 0.15) is 39.0 Å². The van der Waals surface area contributed by atoms with Gasteiger partial charge < -0.3 is 14.8 Å². The maximum absolute atomic E-state index is 5.47. The van der Waals surface area contributed by atoms with E-state index in [0.717, 1.165) is 44.8 Å². The van der Waals surface area contributed by atoms with E-state index in [1.165, 1.54) is 32.1 Å². The zero-order chi connectivity index (χ0) is 11.9. The van der Waals surface area contributed by atoms with E-state index in [4.69, 9.17) is 9.47 Å². The van der Waals surface area contributed by atoms with Gasteiger partial charge in [-0.1, -0.05) is 6.92 Å². The van der Waals surface area contributed by atoms with E-state index in [-0.39, 0.29) is 0 Å². The molecule has 0 amide bonds. The van der Waals surface area contributed by atoms with Gasteiger partial charge in [0.05, 0.1) is 0 Å². The van der Waals surface area contributed by atoms with Crippen LogP contribution >= 0.6 is 0 Å². The molecule has 1 atom stereocenters. The molecule has 2 rings (SSSR count). The molecule has 2 heterocycles. The Bertz CT molecular complexity index is 198. The Kier molecular flexibility index (Phi) is 5.75. The second-order valence-electron chi connectivity index (χ2n) is 5.41. The topological polar surface area (TPSA) is 30.5 Å². The molecule has 2 saturated heterocycles. The summed E-state index contributed by atoms with van der Waals surface area (Å²) in [7, 11) is 0. The highest BCUT2D eigenvalue weighted by atomic mass is 16.5. The highest BCUT2D eigenvalue weighted by Crippen LogP contribution is 2.27. The summed E-state index contributed by atoms with van der Waals surface area (Å²) in [5.41, 5.74) is 0. The molecule has 2 fully saturated rings. The van der Waals surface area contributed by atoms with Crippen LogP contribution in [-0.2, 0) is 9.47 Å². The highest BCUT2D eigenvalue weighted by molar-refractivity contribution is 4.81. The van der Waals surface area contributed by atoms with E-state index in [1.54, 1.807) is 0 Å². The summed E-state index contributed by atoms with van der Waals surface area (Å²) in [5, 5.41) is 3.70. The molecule has 0 aromatic carbocycles. The van der Waals surface area contributed by atoms with Crippen LogP contribution in [0.5, 0.6) is 0 Å². The van der Waals surface area contributed by atoms with E-state index < -0.39 is 0 Å². The number of nitrogens with one attached hydrogen (secondary N) is 1. The third-order valence-corrected chi connectivity index (χ3v) is 4.23. The van der Waals surface area contributed by atoms with Crippen molar-refractivity contribution in [2.24, 2.45) is 11.8 Å². The molecule has 0 saturated carbocycles. The lowest BCUT2D eigenvalue weighted by atomic mass is 9.83. The molecule has 1 unspecified atom stereocenters. The van der Waals surface area contributed by atoms with Crippen molar-refractivity contribution in [3.8, 4) is 0 Å². The van der Waals surface area contributed by atoms with Crippen molar-refractivity contribution in [3.05, 3.63) is 0 Å². The van der Waals surface area contributed by atoms with Crippen LogP contribution in [0.3, 0.4) is 0 Å². The molecule has 0 aromatic heterocycles. The van der Waals surface area contributed by atoms with Crippen molar-refractivity contribution in [2.75, 3.05) is 33.0 Å². The second kappa shape index (κ2) is 7.34. The van der Waals surface area contributed by atoms with Crippen LogP contribution in [0.25, 0.3) is 0 Å². The largest absolute Gasteiger partial charge is 0.381 e. The highest BCUT2D eigenvalue weighted by Gasteiger charge is 2.26. The van der Waals surface area contributed by atoms with Crippen molar-refractivity contribution >= 4 is 0 Å². The molecule has 2 aliphatic rings.